The molecule has 0 radical (unpaired) electrons. The van der Waals surface area contributed by atoms with Crippen molar-refractivity contribution < 1.29 is 9.47 Å². The molecule has 0 aromatic heterocycles. The van der Waals surface area contributed by atoms with Gasteiger partial charge < -0.3 is 9.47 Å². The maximum absolute atomic E-state index is 5.27. The van der Waals surface area contributed by atoms with Crippen LogP contribution in [0.5, 0.6) is 0 Å². The van der Waals surface area contributed by atoms with Crippen molar-refractivity contribution in [2.24, 2.45) is 0 Å². The van der Waals surface area contributed by atoms with E-state index in [0.29, 0.717) is 6.10 Å². The van der Waals surface area contributed by atoms with Crippen molar-refractivity contribution in [3.63, 3.8) is 0 Å². The molecule has 1 atom stereocenters. The minimum atomic E-state index is 0.298. The van der Waals surface area contributed by atoms with Crippen LogP contribution in [0, 0.1) is 0 Å². The molecular formula is C11H24O2. The van der Waals surface area contributed by atoms with Gasteiger partial charge in [-0.15, -0.1) is 0 Å². The van der Waals surface area contributed by atoms with Crippen LogP contribution >= 0.6 is 0 Å². The molecule has 0 N–H and O–H groups in total. The van der Waals surface area contributed by atoms with Gasteiger partial charge in [-0.05, 0) is 6.42 Å². The summed E-state index contributed by atoms with van der Waals surface area (Å²) in [5.74, 6) is 0. The molecule has 0 aliphatic carbocycles. The lowest BCUT2D eigenvalue weighted by Crippen LogP contribution is -2.16. The highest BCUT2D eigenvalue weighted by molar-refractivity contribution is 4.56. The number of ether oxygens (including phenoxy) is 2. The lowest BCUT2D eigenvalue weighted by Gasteiger charge is -2.13. The molecule has 0 saturated carbocycles. The average molecular weight is 188 g/mol. The van der Waals surface area contributed by atoms with Gasteiger partial charge in [0, 0.05) is 14.2 Å². The molecule has 0 aromatic rings. The summed E-state index contributed by atoms with van der Waals surface area (Å²) < 4.78 is 10.3. The zero-order valence-electron chi connectivity index (χ0n) is 9.34. The van der Waals surface area contributed by atoms with Gasteiger partial charge in [0.05, 0.1) is 12.7 Å². The van der Waals surface area contributed by atoms with E-state index in [0.717, 1.165) is 13.0 Å². The Kier molecular flexibility index (Phi) is 9.94. The first-order valence-corrected chi connectivity index (χ1v) is 5.36. The predicted molar refractivity (Wildman–Crippen MR) is 56.0 cm³/mol. The Balaban J connectivity index is 3.17. The van der Waals surface area contributed by atoms with Crippen LogP contribution in [0.25, 0.3) is 0 Å². The van der Waals surface area contributed by atoms with Gasteiger partial charge in [0.1, 0.15) is 0 Å². The zero-order chi connectivity index (χ0) is 9.94. The first-order valence-electron chi connectivity index (χ1n) is 5.36. The van der Waals surface area contributed by atoms with E-state index < -0.39 is 0 Å². The van der Waals surface area contributed by atoms with Crippen LogP contribution < -0.4 is 0 Å². The molecule has 2 heteroatoms. The molecule has 0 bridgehead atoms. The fraction of sp³-hybridized carbons (Fsp3) is 1.00. The van der Waals surface area contributed by atoms with Crippen LogP contribution in [0.15, 0.2) is 0 Å². The lowest BCUT2D eigenvalue weighted by atomic mass is 10.1. The highest BCUT2D eigenvalue weighted by Crippen LogP contribution is 2.08. The van der Waals surface area contributed by atoms with Crippen LogP contribution in [0.3, 0.4) is 0 Å². The minimum Gasteiger partial charge on any atom is -0.382 e. The van der Waals surface area contributed by atoms with E-state index in [2.05, 4.69) is 6.92 Å². The van der Waals surface area contributed by atoms with Gasteiger partial charge in [-0.25, -0.2) is 0 Å². The Labute approximate surface area is 82.6 Å². The topological polar surface area (TPSA) is 18.5 Å². The summed E-state index contributed by atoms with van der Waals surface area (Å²) in [6, 6.07) is 0. The van der Waals surface area contributed by atoms with Crippen LogP contribution in [0.2, 0.25) is 0 Å². The van der Waals surface area contributed by atoms with Crippen molar-refractivity contribution in [1.82, 2.24) is 0 Å². The third-order valence-electron chi connectivity index (χ3n) is 2.32. The molecule has 0 aromatic carbocycles. The second kappa shape index (κ2) is 10.0. The zero-order valence-corrected chi connectivity index (χ0v) is 9.34. The molecular weight excluding hydrogens is 164 g/mol. The standard InChI is InChI=1S/C11H24O2/c1-4-5-6-7-8-9-11(13-3)10-12-2/h11H,4-10H2,1-3H3. The van der Waals surface area contributed by atoms with E-state index in [1.165, 1.54) is 32.1 Å². The van der Waals surface area contributed by atoms with Gasteiger partial charge in [0.15, 0.2) is 0 Å². The number of hydrogen-bond donors (Lipinski definition) is 0. The SMILES string of the molecule is CCCCCCCC(COC)OC. The average Bonchev–Trinajstić information content (AvgIpc) is 2.16. The minimum absolute atomic E-state index is 0.298. The van der Waals surface area contributed by atoms with Crippen LogP contribution in [-0.4, -0.2) is 26.9 Å². The molecule has 0 saturated heterocycles. The molecule has 0 aliphatic rings. The van der Waals surface area contributed by atoms with Crippen molar-refractivity contribution in [3.05, 3.63) is 0 Å². The summed E-state index contributed by atoms with van der Waals surface area (Å²) in [6.07, 6.45) is 8.06. The van der Waals surface area contributed by atoms with E-state index >= 15 is 0 Å². The van der Waals surface area contributed by atoms with E-state index in [9.17, 15) is 0 Å². The van der Waals surface area contributed by atoms with Gasteiger partial charge in [-0.3, -0.25) is 0 Å². The molecule has 13 heavy (non-hydrogen) atoms. The largest absolute Gasteiger partial charge is 0.382 e. The quantitative estimate of drug-likeness (QED) is 0.518. The first kappa shape index (κ1) is 12.9. The maximum atomic E-state index is 5.27. The second-order valence-corrected chi connectivity index (χ2v) is 3.52. The molecule has 2 nitrogen and oxygen atoms in total. The van der Waals surface area contributed by atoms with Crippen molar-refractivity contribution in [3.8, 4) is 0 Å². The van der Waals surface area contributed by atoms with Crippen molar-refractivity contribution in [1.29, 1.82) is 0 Å². The van der Waals surface area contributed by atoms with Crippen LogP contribution in [0.1, 0.15) is 45.4 Å². The van der Waals surface area contributed by atoms with Crippen molar-refractivity contribution >= 4 is 0 Å². The summed E-state index contributed by atoms with van der Waals surface area (Å²) >= 11 is 0. The predicted octanol–water partition coefficient (Wildman–Crippen LogP) is 3.01. The molecule has 0 rings (SSSR count). The summed E-state index contributed by atoms with van der Waals surface area (Å²) in [6.45, 7) is 2.97. The van der Waals surface area contributed by atoms with E-state index in [-0.39, 0.29) is 0 Å². The summed E-state index contributed by atoms with van der Waals surface area (Å²) in [5, 5.41) is 0. The van der Waals surface area contributed by atoms with Gasteiger partial charge in [-0.1, -0.05) is 39.0 Å². The van der Waals surface area contributed by atoms with Crippen molar-refractivity contribution in [2.75, 3.05) is 20.8 Å². The number of unbranched alkanes of at least 4 members (excludes halogenated alkanes) is 4. The molecule has 0 amide bonds. The third-order valence-corrected chi connectivity index (χ3v) is 2.32. The number of hydrogen-bond acceptors (Lipinski definition) is 2. The highest BCUT2D eigenvalue weighted by Gasteiger charge is 2.05. The van der Waals surface area contributed by atoms with Gasteiger partial charge >= 0.3 is 0 Å². The van der Waals surface area contributed by atoms with Gasteiger partial charge in [-0.2, -0.15) is 0 Å². The first-order chi connectivity index (χ1) is 6.35. The molecule has 0 fully saturated rings. The molecule has 0 spiro atoms. The van der Waals surface area contributed by atoms with E-state index in [4.69, 9.17) is 9.47 Å². The Morgan fingerprint density at radius 3 is 2.23 bits per heavy atom. The fourth-order valence-electron chi connectivity index (χ4n) is 1.43. The van der Waals surface area contributed by atoms with E-state index in [1.54, 1.807) is 14.2 Å². The highest BCUT2D eigenvalue weighted by atomic mass is 16.5. The van der Waals surface area contributed by atoms with Gasteiger partial charge in [0.25, 0.3) is 0 Å². The Hall–Kier alpha value is -0.0800. The summed E-state index contributed by atoms with van der Waals surface area (Å²) in [5.41, 5.74) is 0. The van der Waals surface area contributed by atoms with Crippen LogP contribution in [-0.2, 0) is 9.47 Å². The molecule has 1 unspecified atom stereocenters. The van der Waals surface area contributed by atoms with E-state index in [1.807, 2.05) is 0 Å². The Morgan fingerprint density at radius 1 is 1.00 bits per heavy atom. The Bertz CT molecular complexity index is 94.1. The van der Waals surface area contributed by atoms with Crippen molar-refractivity contribution in [2.45, 2.75) is 51.6 Å². The lowest BCUT2D eigenvalue weighted by molar-refractivity contribution is 0.0220. The second-order valence-electron chi connectivity index (χ2n) is 3.52. The summed E-state index contributed by atoms with van der Waals surface area (Å²) in [4.78, 5) is 0. The molecule has 0 aliphatic heterocycles. The Morgan fingerprint density at radius 2 is 1.69 bits per heavy atom. The van der Waals surface area contributed by atoms with Crippen LogP contribution in [0.4, 0.5) is 0 Å². The number of rotatable bonds is 9. The monoisotopic (exact) mass is 188 g/mol. The smallest absolute Gasteiger partial charge is 0.0804 e. The maximum Gasteiger partial charge on any atom is 0.0804 e. The van der Waals surface area contributed by atoms with Gasteiger partial charge in [0.2, 0.25) is 0 Å². The third kappa shape index (κ3) is 8.26. The fourth-order valence-corrected chi connectivity index (χ4v) is 1.43. The molecule has 0 heterocycles. The molecule has 80 valence electrons. The normalized spacial score (nSPS) is 13.2. The summed E-state index contributed by atoms with van der Waals surface area (Å²) in [7, 11) is 3.48. The number of methoxy groups -OCH3 is 2.